The van der Waals surface area contributed by atoms with Gasteiger partial charge in [-0.25, -0.2) is 5.43 Å². The van der Waals surface area contributed by atoms with Crippen molar-refractivity contribution in [3.05, 3.63) is 36.0 Å². The molecule has 1 atom stereocenters. The average Bonchev–Trinajstić information content (AvgIpc) is 2.64. The second kappa shape index (κ2) is 4.25. The van der Waals surface area contributed by atoms with E-state index in [0.717, 1.165) is 5.56 Å². The van der Waals surface area contributed by atoms with Crippen LogP contribution in [0.5, 0.6) is 0 Å². The van der Waals surface area contributed by atoms with Gasteiger partial charge in [-0.2, -0.15) is 5.10 Å². The van der Waals surface area contributed by atoms with Crippen molar-refractivity contribution in [2.75, 3.05) is 5.73 Å². The number of hydrogen-bond acceptors (Lipinski definition) is 6. The van der Waals surface area contributed by atoms with E-state index in [-0.39, 0.29) is 6.04 Å². The highest BCUT2D eigenvalue weighted by molar-refractivity contribution is 5.43. The number of nitrogen functional groups attached to an aromatic ring is 1. The predicted octanol–water partition coefficient (Wildman–Crippen LogP) is -0.655. The van der Waals surface area contributed by atoms with Crippen LogP contribution in [0.1, 0.15) is 17.3 Å². The van der Waals surface area contributed by atoms with Gasteiger partial charge in [-0.1, -0.05) is 0 Å². The maximum absolute atomic E-state index is 5.87. The van der Waals surface area contributed by atoms with Crippen molar-refractivity contribution in [3.8, 4) is 0 Å². The zero-order valence-corrected chi connectivity index (χ0v) is 8.83. The van der Waals surface area contributed by atoms with Gasteiger partial charge in [0.25, 0.3) is 0 Å². The summed E-state index contributed by atoms with van der Waals surface area (Å²) in [4.78, 5) is 8.17. The van der Waals surface area contributed by atoms with E-state index in [4.69, 9.17) is 11.6 Å². The Hall–Kier alpha value is -1.99. The van der Waals surface area contributed by atoms with Crippen molar-refractivity contribution < 1.29 is 0 Å². The van der Waals surface area contributed by atoms with Gasteiger partial charge in [-0.05, 0) is 0 Å². The number of nitrogens with one attached hydrogen (secondary N) is 1. The quantitative estimate of drug-likeness (QED) is 0.467. The third-order valence-corrected chi connectivity index (χ3v) is 2.37. The molecule has 0 aliphatic rings. The third kappa shape index (κ3) is 1.73. The number of anilines is 1. The van der Waals surface area contributed by atoms with Gasteiger partial charge < -0.3 is 5.73 Å². The van der Waals surface area contributed by atoms with Gasteiger partial charge in [-0.3, -0.25) is 20.5 Å². The molecule has 16 heavy (non-hydrogen) atoms. The molecule has 5 N–H and O–H groups in total. The van der Waals surface area contributed by atoms with Gasteiger partial charge in [0.15, 0.2) is 0 Å². The summed E-state index contributed by atoms with van der Waals surface area (Å²) in [5.41, 5.74) is 10.0. The summed E-state index contributed by atoms with van der Waals surface area (Å²) < 4.78 is 1.58. The lowest BCUT2D eigenvalue weighted by molar-refractivity contribution is 0.619. The molecule has 0 aliphatic carbocycles. The van der Waals surface area contributed by atoms with Crippen molar-refractivity contribution in [3.63, 3.8) is 0 Å². The number of aromatic nitrogens is 4. The van der Waals surface area contributed by atoms with Crippen LogP contribution in [0.15, 0.2) is 24.8 Å². The highest BCUT2D eigenvalue weighted by Gasteiger charge is 2.19. The summed E-state index contributed by atoms with van der Waals surface area (Å²) >= 11 is 0. The molecule has 0 radical (unpaired) electrons. The number of aryl methyl sites for hydroxylation is 1. The molecule has 2 aromatic heterocycles. The first-order valence-corrected chi connectivity index (χ1v) is 4.73. The summed E-state index contributed by atoms with van der Waals surface area (Å²) in [7, 11) is 1.77. The molecule has 7 nitrogen and oxygen atoms in total. The first-order valence-electron chi connectivity index (χ1n) is 4.73. The minimum absolute atomic E-state index is 0.303. The van der Waals surface area contributed by atoms with Crippen LogP contribution in [-0.2, 0) is 7.05 Å². The fraction of sp³-hybridized carbons (Fsp3) is 0.222. The largest absolute Gasteiger partial charge is 0.384 e. The maximum atomic E-state index is 5.87. The number of rotatable bonds is 3. The first-order chi connectivity index (χ1) is 7.74. The zero-order chi connectivity index (χ0) is 11.5. The monoisotopic (exact) mass is 219 g/mol. The van der Waals surface area contributed by atoms with Gasteiger partial charge in [0.2, 0.25) is 0 Å². The van der Waals surface area contributed by atoms with Gasteiger partial charge in [0, 0.05) is 25.0 Å². The lowest BCUT2D eigenvalue weighted by Crippen LogP contribution is -2.30. The molecular formula is C9H13N7. The Morgan fingerprint density at radius 1 is 1.38 bits per heavy atom. The molecule has 0 aliphatic heterocycles. The fourth-order valence-corrected chi connectivity index (χ4v) is 1.48. The second-order valence-corrected chi connectivity index (χ2v) is 3.34. The van der Waals surface area contributed by atoms with Gasteiger partial charge in [-0.15, -0.1) is 0 Å². The van der Waals surface area contributed by atoms with Gasteiger partial charge in [0.05, 0.1) is 24.1 Å². The van der Waals surface area contributed by atoms with Gasteiger partial charge in [0.1, 0.15) is 5.82 Å². The molecule has 84 valence electrons. The van der Waals surface area contributed by atoms with E-state index in [0.29, 0.717) is 11.5 Å². The normalized spacial score (nSPS) is 12.6. The van der Waals surface area contributed by atoms with E-state index in [2.05, 4.69) is 20.5 Å². The van der Waals surface area contributed by atoms with E-state index >= 15 is 0 Å². The molecule has 0 amide bonds. The Kier molecular flexibility index (Phi) is 2.80. The number of hydrazine groups is 1. The summed E-state index contributed by atoms with van der Waals surface area (Å²) in [6, 6.07) is -0.303. The molecule has 2 rings (SSSR count). The van der Waals surface area contributed by atoms with Crippen molar-refractivity contribution in [1.82, 2.24) is 25.2 Å². The molecule has 0 spiro atoms. The van der Waals surface area contributed by atoms with Crippen molar-refractivity contribution in [2.45, 2.75) is 6.04 Å². The minimum Gasteiger partial charge on any atom is -0.384 e. The van der Waals surface area contributed by atoms with Crippen LogP contribution in [-0.4, -0.2) is 19.7 Å². The summed E-state index contributed by atoms with van der Waals surface area (Å²) in [6.45, 7) is 0. The number of nitrogens with zero attached hydrogens (tertiary/aromatic N) is 4. The van der Waals surface area contributed by atoms with E-state index < -0.39 is 0 Å². The van der Waals surface area contributed by atoms with Crippen LogP contribution in [0.3, 0.4) is 0 Å². The maximum Gasteiger partial charge on any atom is 0.126 e. The van der Waals surface area contributed by atoms with Gasteiger partial charge >= 0.3 is 0 Å². The summed E-state index contributed by atoms with van der Waals surface area (Å²) in [5.74, 6) is 6.05. The topological polar surface area (TPSA) is 108 Å². The van der Waals surface area contributed by atoms with Crippen molar-refractivity contribution in [2.24, 2.45) is 12.9 Å². The van der Waals surface area contributed by atoms with E-state index in [1.165, 1.54) is 0 Å². The molecule has 0 aromatic carbocycles. The van der Waals surface area contributed by atoms with Crippen LogP contribution in [0.4, 0.5) is 5.82 Å². The Labute approximate surface area is 92.5 Å². The number of nitrogens with two attached hydrogens (primary N) is 2. The highest BCUT2D eigenvalue weighted by Crippen LogP contribution is 2.23. The highest BCUT2D eigenvalue weighted by atomic mass is 15.3. The van der Waals surface area contributed by atoms with E-state index in [1.54, 1.807) is 36.5 Å². The molecule has 0 bridgehead atoms. The minimum atomic E-state index is -0.303. The molecule has 7 heteroatoms. The van der Waals surface area contributed by atoms with Crippen LogP contribution >= 0.6 is 0 Å². The SMILES string of the molecule is Cn1ncc(C(NN)c2cnccn2)c1N. The van der Waals surface area contributed by atoms with E-state index in [1.807, 2.05) is 0 Å². The summed E-state index contributed by atoms with van der Waals surface area (Å²) in [5, 5.41) is 4.06. The smallest absolute Gasteiger partial charge is 0.126 e. The molecular weight excluding hydrogens is 206 g/mol. The average molecular weight is 219 g/mol. The molecule has 2 aromatic rings. The Morgan fingerprint density at radius 3 is 2.69 bits per heavy atom. The lowest BCUT2D eigenvalue weighted by Gasteiger charge is -2.13. The van der Waals surface area contributed by atoms with Crippen LogP contribution in [0, 0.1) is 0 Å². The number of hydrogen-bond donors (Lipinski definition) is 3. The van der Waals surface area contributed by atoms with Crippen LogP contribution in [0.2, 0.25) is 0 Å². The van der Waals surface area contributed by atoms with Crippen molar-refractivity contribution in [1.29, 1.82) is 0 Å². The second-order valence-electron chi connectivity index (χ2n) is 3.34. The molecule has 0 saturated carbocycles. The van der Waals surface area contributed by atoms with E-state index in [9.17, 15) is 0 Å². The Bertz CT molecular complexity index is 464. The van der Waals surface area contributed by atoms with Crippen molar-refractivity contribution >= 4 is 5.82 Å². The fourth-order valence-electron chi connectivity index (χ4n) is 1.48. The molecule has 0 saturated heterocycles. The predicted molar refractivity (Wildman–Crippen MR) is 58.8 cm³/mol. The third-order valence-electron chi connectivity index (χ3n) is 2.37. The Morgan fingerprint density at radius 2 is 2.19 bits per heavy atom. The molecule has 2 heterocycles. The molecule has 1 unspecified atom stereocenters. The van der Waals surface area contributed by atoms with Crippen LogP contribution < -0.4 is 17.0 Å². The molecule has 0 fully saturated rings. The standard InChI is InChI=1S/C9H13N7/c1-16-9(10)6(4-14-16)8(15-11)7-5-12-2-3-13-7/h2-5,8,15H,10-11H2,1H3. The zero-order valence-electron chi connectivity index (χ0n) is 8.83. The van der Waals surface area contributed by atoms with Crippen LogP contribution in [0.25, 0.3) is 0 Å². The lowest BCUT2D eigenvalue weighted by atomic mass is 10.1. The Balaban J connectivity index is 2.41. The first kappa shape index (κ1) is 10.5. The summed E-state index contributed by atoms with van der Waals surface area (Å²) in [6.07, 6.45) is 6.50.